The molecule has 1 aromatic heterocycles. The molecular formula is C14H15N3O3. The average molecular weight is 273 g/mol. The van der Waals surface area contributed by atoms with Crippen LogP contribution >= 0.6 is 0 Å². The third-order valence-corrected chi connectivity index (χ3v) is 3.06. The van der Waals surface area contributed by atoms with Crippen LogP contribution in [0.1, 0.15) is 12.6 Å². The van der Waals surface area contributed by atoms with Crippen molar-refractivity contribution in [2.24, 2.45) is 0 Å². The van der Waals surface area contributed by atoms with Crippen molar-refractivity contribution in [3.63, 3.8) is 0 Å². The summed E-state index contributed by atoms with van der Waals surface area (Å²) in [4.78, 5) is 12.1. The molecule has 1 atom stereocenters. The normalized spacial score (nSPS) is 16.8. The largest absolute Gasteiger partial charge is 0.485 e. The van der Waals surface area contributed by atoms with Crippen LogP contribution in [0.4, 0.5) is 5.82 Å². The number of hydrogen-bond donors (Lipinski definition) is 2. The van der Waals surface area contributed by atoms with Gasteiger partial charge in [0.05, 0.1) is 0 Å². The Labute approximate surface area is 116 Å². The number of nitrogens with zero attached hydrogens (tertiary/aromatic N) is 1. The number of hydrogen-bond acceptors (Lipinski definition) is 4. The Kier molecular flexibility index (Phi) is 3.28. The first-order valence-electron chi connectivity index (χ1n) is 6.50. The zero-order valence-corrected chi connectivity index (χ0v) is 11.1. The quantitative estimate of drug-likeness (QED) is 0.893. The number of ether oxygens (including phenoxy) is 2. The van der Waals surface area contributed by atoms with E-state index in [1.54, 1.807) is 12.1 Å². The number of rotatable bonds is 3. The van der Waals surface area contributed by atoms with Gasteiger partial charge in [-0.2, -0.15) is 5.10 Å². The predicted molar refractivity (Wildman–Crippen MR) is 72.9 cm³/mol. The van der Waals surface area contributed by atoms with Crippen molar-refractivity contribution in [3.8, 4) is 11.5 Å². The van der Waals surface area contributed by atoms with Gasteiger partial charge < -0.3 is 14.8 Å². The number of benzene rings is 1. The van der Waals surface area contributed by atoms with E-state index in [9.17, 15) is 4.79 Å². The molecule has 1 aliphatic rings. The molecule has 3 rings (SSSR count). The molecule has 0 fully saturated rings. The Morgan fingerprint density at radius 1 is 1.45 bits per heavy atom. The second-order valence-electron chi connectivity index (χ2n) is 4.49. The van der Waals surface area contributed by atoms with E-state index >= 15 is 0 Å². The first-order chi connectivity index (χ1) is 9.76. The third-order valence-electron chi connectivity index (χ3n) is 3.06. The van der Waals surface area contributed by atoms with Crippen molar-refractivity contribution in [2.75, 3.05) is 11.9 Å². The average Bonchev–Trinajstić information content (AvgIpc) is 2.94. The molecule has 0 radical (unpaired) electrons. The highest BCUT2D eigenvalue weighted by atomic mass is 16.6. The molecule has 1 unspecified atom stereocenters. The fourth-order valence-corrected chi connectivity index (χ4v) is 1.96. The summed E-state index contributed by atoms with van der Waals surface area (Å²) in [7, 11) is 0. The van der Waals surface area contributed by atoms with E-state index in [0.717, 1.165) is 12.1 Å². The minimum Gasteiger partial charge on any atom is -0.485 e. The molecule has 1 aromatic carbocycles. The van der Waals surface area contributed by atoms with Gasteiger partial charge in [-0.1, -0.05) is 19.1 Å². The fraction of sp³-hybridized carbons (Fsp3) is 0.286. The van der Waals surface area contributed by atoms with Crippen LogP contribution in [-0.2, 0) is 11.2 Å². The molecule has 6 heteroatoms. The fourth-order valence-electron chi connectivity index (χ4n) is 1.96. The van der Waals surface area contributed by atoms with Gasteiger partial charge >= 0.3 is 0 Å². The molecule has 0 aliphatic carbocycles. The maximum atomic E-state index is 12.1. The van der Waals surface area contributed by atoms with E-state index in [0.29, 0.717) is 17.3 Å². The van der Waals surface area contributed by atoms with Crippen molar-refractivity contribution >= 4 is 11.7 Å². The van der Waals surface area contributed by atoms with E-state index in [1.807, 2.05) is 25.1 Å². The lowest BCUT2D eigenvalue weighted by Crippen LogP contribution is -2.40. The number of carbonyl (C=O) groups excluding carboxylic acids is 1. The molecule has 0 spiro atoms. The van der Waals surface area contributed by atoms with Gasteiger partial charge in [-0.25, -0.2) is 0 Å². The molecule has 2 aromatic rings. The molecule has 2 heterocycles. The summed E-state index contributed by atoms with van der Waals surface area (Å²) in [5, 5.41) is 9.57. The van der Waals surface area contributed by atoms with Crippen LogP contribution in [0, 0.1) is 0 Å². The van der Waals surface area contributed by atoms with Crippen molar-refractivity contribution in [1.82, 2.24) is 10.2 Å². The summed E-state index contributed by atoms with van der Waals surface area (Å²) in [6, 6.07) is 9.08. The maximum Gasteiger partial charge on any atom is 0.270 e. The number of amides is 1. The van der Waals surface area contributed by atoms with Crippen molar-refractivity contribution in [2.45, 2.75) is 19.4 Å². The van der Waals surface area contributed by atoms with Crippen LogP contribution in [0.5, 0.6) is 11.5 Å². The Morgan fingerprint density at radius 2 is 2.25 bits per heavy atom. The molecular weight excluding hydrogens is 258 g/mol. The van der Waals surface area contributed by atoms with Crippen LogP contribution in [-0.4, -0.2) is 28.8 Å². The first-order valence-corrected chi connectivity index (χ1v) is 6.50. The standard InChI is InChI=1S/C14H15N3O3/c1-2-9-7-13(17-16-9)15-14(18)12-8-19-10-5-3-4-6-11(10)20-12/h3-7,12H,2,8H2,1H3,(H2,15,16,17,18). The molecule has 1 amide bonds. The van der Waals surface area contributed by atoms with Gasteiger partial charge in [0, 0.05) is 11.8 Å². The number of aromatic amines is 1. The molecule has 104 valence electrons. The number of aryl methyl sites for hydroxylation is 1. The smallest absolute Gasteiger partial charge is 0.270 e. The van der Waals surface area contributed by atoms with Gasteiger partial charge in [0.2, 0.25) is 6.10 Å². The number of carbonyl (C=O) groups is 1. The Balaban J connectivity index is 1.67. The topological polar surface area (TPSA) is 76.2 Å². The lowest BCUT2D eigenvalue weighted by molar-refractivity contribution is -0.125. The van der Waals surface area contributed by atoms with Crippen molar-refractivity contribution in [1.29, 1.82) is 0 Å². The second kappa shape index (κ2) is 5.24. The summed E-state index contributed by atoms with van der Waals surface area (Å²) < 4.78 is 11.1. The zero-order valence-electron chi connectivity index (χ0n) is 11.1. The van der Waals surface area contributed by atoms with Gasteiger partial charge in [-0.05, 0) is 18.6 Å². The highest BCUT2D eigenvalue weighted by Crippen LogP contribution is 2.31. The third kappa shape index (κ3) is 2.45. The molecule has 2 N–H and O–H groups in total. The summed E-state index contributed by atoms with van der Waals surface area (Å²) in [5.74, 6) is 1.46. The summed E-state index contributed by atoms with van der Waals surface area (Å²) >= 11 is 0. The number of aromatic nitrogens is 2. The van der Waals surface area contributed by atoms with Crippen LogP contribution < -0.4 is 14.8 Å². The Hall–Kier alpha value is -2.50. The van der Waals surface area contributed by atoms with Gasteiger partial charge in [0.1, 0.15) is 6.61 Å². The molecule has 1 aliphatic heterocycles. The molecule has 20 heavy (non-hydrogen) atoms. The number of anilines is 1. The van der Waals surface area contributed by atoms with E-state index in [-0.39, 0.29) is 12.5 Å². The summed E-state index contributed by atoms with van der Waals surface area (Å²) in [6.07, 6.45) is 0.158. The van der Waals surface area contributed by atoms with Crippen molar-refractivity contribution < 1.29 is 14.3 Å². The van der Waals surface area contributed by atoms with Crippen LogP contribution in [0.3, 0.4) is 0 Å². The first kappa shape index (κ1) is 12.5. The number of nitrogens with one attached hydrogen (secondary N) is 2. The van der Waals surface area contributed by atoms with Crippen LogP contribution in [0.25, 0.3) is 0 Å². The lowest BCUT2D eigenvalue weighted by Gasteiger charge is -2.25. The van der Waals surface area contributed by atoms with Crippen molar-refractivity contribution in [3.05, 3.63) is 36.0 Å². The number of H-pyrrole nitrogens is 1. The monoisotopic (exact) mass is 273 g/mol. The molecule has 0 bridgehead atoms. The highest BCUT2D eigenvalue weighted by Gasteiger charge is 2.27. The molecule has 0 saturated carbocycles. The van der Waals surface area contributed by atoms with E-state index in [4.69, 9.17) is 9.47 Å². The maximum absolute atomic E-state index is 12.1. The van der Waals surface area contributed by atoms with Gasteiger partial charge in [0.15, 0.2) is 17.3 Å². The minimum absolute atomic E-state index is 0.188. The Morgan fingerprint density at radius 3 is 3.00 bits per heavy atom. The second-order valence-corrected chi connectivity index (χ2v) is 4.49. The van der Waals surface area contributed by atoms with Crippen LogP contribution in [0.2, 0.25) is 0 Å². The van der Waals surface area contributed by atoms with E-state index in [2.05, 4.69) is 15.5 Å². The molecule has 6 nitrogen and oxygen atoms in total. The van der Waals surface area contributed by atoms with Gasteiger partial charge in [0.25, 0.3) is 5.91 Å². The Bertz CT molecular complexity index is 624. The number of para-hydroxylation sites is 2. The van der Waals surface area contributed by atoms with Crippen LogP contribution in [0.15, 0.2) is 30.3 Å². The SMILES string of the molecule is CCc1cc(NC(=O)C2COc3ccccc3O2)n[nH]1. The van der Waals surface area contributed by atoms with E-state index < -0.39 is 6.10 Å². The zero-order chi connectivity index (χ0) is 13.9. The summed E-state index contributed by atoms with van der Waals surface area (Å²) in [6.45, 7) is 2.20. The predicted octanol–water partition coefficient (Wildman–Crippen LogP) is 1.75. The van der Waals surface area contributed by atoms with Gasteiger partial charge in [-0.15, -0.1) is 0 Å². The van der Waals surface area contributed by atoms with E-state index in [1.165, 1.54) is 0 Å². The summed E-state index contributed by atoms with van der Waals surface area (Å²) in [5.41, 5.74) is 0.964. The minimum atomic E-state index is -0.674. The highest BCUT2D eigenvalue weighted by molar-refractivity contribution is 5.94. The van der Waals surface area contributed by atoms with Gasteiger partial charge in [-0.3, -0.25) is 9.89 Å². The lowest BCUT2D eigenvalue weighted by atomic mass is 10.2. The molecule has 0 saturated heterocycles. The number of fused-ring (bicyclic) bond motifs is 1.